The third kappa shape index (κ3) is 3.08. The number of pyridine rings is 1. The smallest absolute Gasteiger partial charge is 0.281 e. The summed E-state index contributed by atoms with van der Waals surface area (Å²) < 4.78 is 14.3. The van der Waals surface area contributed by atoms with E-state index in [-0.39, 0.29) is 16.9 Å². The predicted octanol–water partition coefficient (Wildman–Crippen LogP) is 2.49. The molecule has 0 radical (unpaired) electrons. The van der Waals surface area contributed by atoms with Gasteiger partial charge >= 0.3 is 0 Å². The van der Waals surface area contributed by atoms with E-state index in [0.29, 0.717) is 18.4 Å². The second kappa shape index (κ2) is 6.01. The number of aromatic nitrogens is 1. The first-order valence-electron chi connectivity index (χ1n) is 6.52. The van der Waals surface area contributed by atoms with Crippen LogP contribution in [0.4, 0.5) is 15.8 Å². The van der Waals surface area contributed by atoms with Gasteiger partial charge in [-0.25, -0.2) is 4.39 Å². The van der Waals surface area contributed by atoms with Gasteiger partial charge in [-0.3, -0.25) is 15.1 Å². The summed E-state index contributed by atoms with van der Waals surface area (Å²) in [5.41, 5.74) is 0.150. The van der Waals surface area contributed by atoms with Crippen molar-refractivity contribution in [2.45, 2.75) is 19.4 Å². The van der Waals surface area contributed by atoms with Gasteiger partial charge in [0.05, 0.1) is 28.2 Å². The standard InChI is InChI=1S/C14H16FN3O3/c1-9(19)5-7-17(2)14-11(15)8-12(18(20)21)10-4-3-6-16-13(10)14/h3-4,6,8-9,19H,5,7H2,1-2H3. The molecule has 0 spiro atoms. The van der Waals surface area contributed by atoms with E-state index in [1.807, 2.05) is 0 Å². The van der Waals surface area contributed by atoms with Crippen LogP contribution in [0.5, 0.6) is 0 Å². The lowest BCUT2D eigenvalue weighted by atomic mass is 10.1. The van der Waals surface area contributed by atoms with E-state index in [9.17, 15) is 19.6 Å². The number of aliphatic hydroxyl groups excluding tert-OH is 1. The number of anilines is 1. The zero-order valence-corrected chi connectivity index (χ0v) is 11.8. The maximum atomic E-state index is 14.3. The Bertz CT molecular complexity index is 676. The first-order chi connectivity index (χ1) is 9.91. The Morgan fingerprint density at radius 3 is 2.90 bits per heavy atom. The minimum Gasteiger partial charge on any atom is -0.393 e. The number of hydrogen-bond acceptors (Lipinski definition) is 5. The van der Waals surface area contributed by atoms with Crippen molar-refractivity contribution in [2.75, 3.05) is 18.5 Å². The Morgan fingerprint density at radius 2 is 2.29 bits per heavy atom. The van der Waals surface area contributed by atoms with E-state index in [0.717, 1.165) is 6.07 Å². The van der Waals surface area contributed by atoms with Gasteiger partial charge in [0.25, 0.3) is 5.69 Å². The molecule has 0 aliphatic carbocycles. The summed E-state index contributed by atoms with van der Waals surface area (Å²) in [6, 6.07) is 4.04. The fraction of sp³-hybridized carbons (Fsp3) is 0.357. The minimum absolute atomic E-state index is 0.205. The normalized spacial score (nSPS) is 12.4. The van der Waals surface area contributed by atoms with Crippen molar-refractivity contribution in [3.63, 3.8) is 0 Å². The van der Waals surface area contributed by atoms with Gasteiger partial charge in [0.2, 0.25) is 0 Å². The van der Waals surface area contributed by atoms with Gasteiger partial charge in [-0.1, -0.05) is 0 Å². The Kier molecular flexibility index (Phi) is 4.32. The van der Waals surface area contributed by atoms with Gasteiger partial charge in [-0.2, -0.15) is 0 Å². The number of rotatable bonds is 5. The van der Waals surface area contributed by atoms with E-state index in [2.05, 4.69) is 4.98 Å². The molecule has 1 unspecified atom stereocenters. The summed E-state index contributed by atoms with van der Waals surface area (Å²) in [4.78, 5) is 16.1. The summed E-state index contributed by atoms with van der Waals surface area (Å²) in [6.45, 7) is 2.06. The largest absolute Gasteiger partial charge is 0.393 e. The summed E-state index contributed by atoms with van der Waals surface area (Å²) in [7, 11) is 1.67. The lowest BCUT2D eigenvalue weighted by Gasteiger charge is -2.21. The van der Waals surface area contributed by atoms with E-state index in [4.69, 9.17) is 0 Å². The van der Waals surface area contributed by atoms with Crippen molar-refractivity contribution in [1.29, 1.82) is 0 Å². The second-order valence-electron chi connectivity index (χ2n) is 4.94. The van der Waals surface area contributed by atoms with Crippen molar-refractivity contribution < 1.29 is 14.4 Å². The fourth-order valence-corrected chi connectivity index (χ4v) is 2.19. The molecule has 0 aliphatic heterocycles. The molecule has 0 saturated heterocycles. The molecular weight excluding hydrogens is 277 g/mol. The maximum Gasteiger partial charge on any atom is 0.281 e. The Labute approximate surface area is 121 Å². The molecule has 1 N–H and O–H groups in total. The molecule has 2 rings (SSSR count). The molecule has 112 valence electrons. The predicted molar refractivity (Wildman–Crippen MR) is 77.9 cm³/mol. The third-order valence-corrected chi connectivity index (χ3v) is 3.26. The van der Waals surface area contributed by atoms with Crippen LogP contribution in [0.3, 0.4) is 0 Å². The van der Waals surface area contributed by atoms with Crippen LogP contribution in [0.15, 0.2) is 24.4 Å². The van der Waals surface area contributed by atoms with Gasteiger partial charge in [-0.05, 0) is 25.5 Å². The molecule has 0 aliphatic rings. The zero-order chi connectivity index (χ0) is 15.6. The molecular formula is C14H16FN3O3. The van der Waals surface area contributed by atoms with Crippen molar-refractivity contribution in [1.82, 2.24) is 4.98 Å². The highest BCUT2D eigenvalue weighted by Crippen LogP contribution is 2.34. The van der Waals surface area contributed by atoms with Crippen LogP contribution in [0.1, 0.15) is 13.3 Å². The number of nitro benzene ring substituents is 1. The lowest BCUT2D eigenvalue weighted by molar-refractivity contribution is -0.383. The van der Waals surface area contributed by atoms with Crippen LogP contribution in [-0.4, -0.2) is 34.7 Å². The van der Waals surface area contributed by atoms with Gasteiger partial charge in [0.15, 0.2) is 5.82 Å². The highest BCUT2D eigenvalue weighted by atomic mass is 19.1. The quantitative estimate of drug-likeness (QED) is 0.676. The lowest BCUT2D eigenvalue weighted by Crippen LogP contribution is -2.23. The van der Waals surface area contributed by atoms with Crippen LogP contribution in [0.25, 0.3) is 10.9 Å². The van der Waals surface area contributed by atoms with Gasteiger partial charge in [-0.15, -0.1) is 0 Å². The van der Waals surface area contributed by atoms with Crippen LogP contribution in [-0.2, 0) is 0 Å². The van der Waals surface area contributed by atoms with Crippen molar-refractivity contribution in [2.24, 2.45) is 0 Å². The number of hydrogen-bond donors (Lipinski definition) is 1. The first-order valence-corrected chi connectivity index (χ1v) is 6.52. The van der Waals surface area contributed by atoms with E-state index >= 15 is 0 Å². The molecule has 1 aromatic heterocycles. The van der Waals surface area contributed by atoms with Crippen LogP contribution in [0.2, 0.25) is 0 Å². The van der Waals surface area contributed by atoms with Crippen molar-refractivity contribution in [3.8, 4) is 0 Å². The number of fused-ring (bicyclic) bond motifs is 1. The average molecular weight is 293 g/mol. The molecule has 21 heavy (non-hydrogen) atoms. The Morgan fingerprint density at radius 1 is 1.57 bits per heavy atom. The molecule has 0 amide bonds. The molecule has 0 saturated carbocycles. The fourth-order valence-electron chi connectivity index (χ4n) is 2.19. The molecule has 1 atom stereocenters. The van der Waals surface area contributed by atoms with Gasteiger partial charge in [0, 0.05) is 19.8 Å². The van der Waals surface area contributed by atoms with Gasteiger partial charge < -0.3 is 10.0 Å². The van der Waals surface area contributed by atoms with Crippen LogP contribution >= 0.6 is 0 Å². The van der Waals surface area contributed by atoms with Gasteiger partial charge in [0.1, 0.15) is 5.52 Å². The molecule has 0 fully saturated rings. The maximum absolute atomic E-state index is 14.3. The van der Waals surface area contributed by atoms with E-state index in [1.165, 1.54) is 6.20 Å². The minimum atomic E-state index is -0.694. The summed E-state index contributed by atoms with van der Waals surface area (Å²) in [5.74, 6) is -0.694. The van der Waals surface area contributed by atoms with Crippen LogP contribution < -0.4 is 4.90 Å². The molecule has 1 heterocycles. The summed E-state index contributed by atoms with van der Waals surface area (Å²) in [6.07, 6.45) is 1.42. The molecule has 0 bridgehead atoms. The molecule has 7 heteroatoms. The molecule has 2 aromatic rings. The first kappa shape index (κ1) is 15.1. The van der Waals surface area contributed by atoms with Crippen molar-refractivity contribution >= 4 is 22.3 Å². The highest BCUT2D eigenvalue weighted by Gasteiger charge is 2.22. The van der Waals surface area contributed by atoms with Crippen LogP contribution in [0, 0.1) is 15.9 Å². The topological polar surface area (TPSA) is 79.5 Å². The monoisotopic (exact) mass is 293 g/mol. The number of non-ortho nitro benzene ring substituents is 1. The second-order valence-corrected chi connectivity index (χ2v) is 4.94. The Hall–Kier alpha value is -2.28. The summed E-state index contributed by atoms with van der Waals surface area (Å²) >= 11 is 0. The number of nitro groups is 1. The summed E-state index contributed by atoms with van der Waals surface area (Å²) in [5, 5.41) is 20.6. The zero-order valence-electron chi connectivity index (χ0n) is 11.8. The molecule has 1 aromatic carbocycles. The average Bonchev–Trinajstić information content (AvgIpc) is 2.43. The van der Waals surface area contributed by atoms with E-state index in [1.54, 1.807) is 31.0 Å². The van der Waals surface area contributed by atoms with Crippen molar-refractivity contribution in [3.05, 3.63) is 40.3 Å². The third-order valence-electron chi connectivity index (χ3n) is 3.26. The number of benzene rings is 1. The SMILES string of the molecule is CC(O)CCN(C)c1c(F)cc([N+](=O)[O-])c2cccnc12. The number of nitrogens with zero attached hydrogens (tertiary/aromatic N) is 3. The molecule has 6 nitrogen and oxygen atoms in total. The highest BCUT2D eigenvalue weighted by molar-refractivity contribution is 5.97. The Balaban J connectivity index is 2.56. The van der Waals surface area contributed by atoms with E-state index < -0.39 is 16.8 Å². The number of halogens is 1. The number of aliphatic hydroxyl groups is 1.